The Balaban J connectivity index is 3.26. The summed E-state index contributed by atoms with van der Waals surface area (Å²) in [7, 11) is 1.54. The Kier molecular flexibility index (Phi) is 13.7. The van der Waals surface area contributed by atoms with Crippen molar-refractivity contribution >= 4 is 0 Å². The molecule has 0 aromatic carbocycles. The van der Waals surface area contributed by atoms with Gasteiger partial charge in [-0.15, -0.1) is 13.2 Å². The van der Waals surface area contributed by atoms with Crippen LogP contribution in [0.5, 0.6) is 0 Å². The molecule has 6 heteroatoms. The molecule has 0 aromatic rings. The van der Waals surface area contributed by atoms with Gasteiger partial charge in [0.05, 0.1) is 0 Å². The highest BCUT2D eigenvalue weighted by molar-refractivity contribution is 4.78. The zero-order valence-electron chi connectivity index (χ0n) is 11.0. The van der Waals surface area contributed by atoms with Crippen LogP contribution in [0.2, 0.25) is 0 Å². The van der Waals surface area contributed by atoms with E-state index in [0.717, 1.165) is 13.1 Å². The molecule has 0 aliphatic carbocycles. The van der Waals surface area contributed by atoms with Crippen LogP contribution in [0.1, 0.15) is 0 Å². The van der Waals surface area contributed by atoms with Crippen LogP contribution >= 0.6 is 0 Å². The van der Waals surface area contributed by atoms with Crippen molar-refractivity contribution in [3.8, 4) is 0 Å². The van der Waals surface area contributed by atoms with E-state index >= 15 is 0 Å². The van der Waals surface area contributed by atoms with Gasteiger partial charge in [-0.25, -0.2) is 0 Å². The van der Waals surface area contributed by atoms with Crippen LogP contribution in [0, 0.1) is 0 Å². The molecule has 0 rings (SSSR count). The lowest BCUT2D eigenvalue weighted by molar-refractivity contribution is -0.193. The van der Waals surface area contributed by atoms with Gasteiger partial charge in [0.1, 0.15) is 13.5 Å². The Morgan fingerprint density at radius 1 is 0.833 bits per heavy atom. The minimum absolute atomic E-state index is 0.118. The maximum absolute atomic E-state index is 5.29. The van der Waals surface area contributed by atoms with Crippen molar-refractivity contribution < 1.29 is 23.7 Å². The van der Waals surface area contributed by atoms with Crippen LogP contribution in [-0.2, 0) is 23.7 Å². The van der Waals surface area contributed by atoms with Crippen LogP contribution in [-0.4, -0.2) is 59.0 Å². The summed E-state index contributed by atoms with van der Waals surface area (Å²) in [5.41, 5.74) is 0. The van der Waals surface area contributed by atoms with Gasteiger partial charge in [-0.2, -0.15) is 0 Å². The second-order valence-corrected chi connectivity index (χ2v) is 3.32. The average Bonchev–Trinajstić information content (AvgIpc) is 2.37. The number of rotatable bonds is 14. The summed E-state index contributed by atoms with van der Waals surface area (Å²) < 4.78 is 24.9. The van der Waals surface area contributed by atoms with Crippen molar-refractivity contribution in [2.45, 2.75) is 0 Å². The lowest BCUT2D eigenvalue weighted by Gasteiger charge is -2.18. The first kappa shape index (κ1) is 17.2. The van der Waals surface area contributed by atoms with Crippen molar-refractivity contribution in [1.82, 2.24) is 4.90 Å². The van der Waals surface area contributed by atoms with E-state index in [9.17, 15) is 0 Å². The smallest absolute Gasteiger partial charge is 0.152 e. The highest BCUT2D eigenvalue weighted by Crippen LogP contribution is 1.91. The largest absolute Gasteiger partial charge is 0.359 e. The van der Waals surface area contributed by atoms with Gasteiger partial charge in [-0.05, 0) is 0 Å². The Morgan fingerprint density at radius 3 is 1.83 bits per heavy atom. The van der Waals surface area contributed by atoms with Gasteiger partial charge in [0.15, 0.2) is 20.4 Å². The Hall–Kier alpha value is -0.760. The van der Waals surface area contributed by atoms with Crippen molar-refractivity contribution in [1.29, 1.82) is 0 Å². The fourth-order valence-electron chi connectivity index (χ4n) is 1.07. The van der Waals surface area contributed by atoms with Gasteiger partial charge in [-0.1, -0.05) is 12.2 Å². The zero-order valence-corrected chi connectivity index (χ0v) is 11.0. The molecule has 0 fully saturated rings. The molecule has 0 N–H and O–H groups in total. The molecule has 0 radical (unpaired) electrons. The number of methoxy groups -OCH3 is 1. The van der Waals surface area contributed by atoms with Gasteiger partial charge >= 0.3 is 0 Å². The standard InChI is InChI=1S/C12H23NO5/c1-4-6-13(7-5-2)8-15-10-17-12-18-11-16-9-14-3/h4-5H,1-2,6-12H2,3H3. The molecular formula is C12H23NO5. The lowest BCUT2D eigenvalue weighted by atomic mass is 10.5. The van der Waals surface area contributed by atoms with Crippen LogP contribution in [0.3, 0.4) is 0 Å². The van der Waals surface area contributed by atoms with E-state index in [-0.39, 0.29) is 27.2 Å². The van der Waals surface area contributed by atoms with E-state index in [1.54, 1.807) is 7.11 Å². The van der Waals surface area contributed by atoms with Gasteiger partial charge in [0.25, 0.3) is 0 Å². The first-order chi connectivity index (χ1) is 8.85. The fourth-order valence-corrected chi connectivity index (χ4v) is 1.07. The molecule has 18 heavy (non-hydrogen) atoms. The summed E-state index contributed by atoms with van der Waals surface area (Å²) in [6.07, 6.45) is 3.62. The third-order valence-corrected chi connectivity index (χ3v) is 1.75. The monoisotopic (exact) mass is 261 g/mol. The van der Waals surface area contributed by atoms with Crippen molar-refractivity contribution in [2.24, 2.45) is 0 Å². The molecule has 0 saturated heterocycles. The Morgan fingerprint density at radius 2 is 1.33 bits per heavy atom. The molecule has 0 amide bonds. The predicted molar refractivity (Wildman–Crippen MR) is 67.7 cm³/mol. The average molecular weight is 261 g/mol. The topological polar surface area (TPSA) is 49.4 Å². The van der Waals surface area contributed by atoms with Gasteiger partial charge < -0.3 is 23.7 Å². The summed E-state index contributed by atoms with van der Waals surface area (Å²) in [6.45, 7) is 9.90. The van der Waals surface area contributed by atoms with E-state index in [1.807, 2.05) is 17.1 Å². The quantitative estimate of drug-likeness (QED) is 0.266. The molecule has 0 bridgehead atoms. The van der Waals surface area contributed by atoms with Crippen molar-refractivity contribution in [2.75, 3.05) is 54.1 Å². The molecule has 0 unspecified atom stereocenters. The highest BCUT2D eigenvalue weighted by atomic mass is 16.8. The fraction of sp³-hybridized carbons (Fsp3) is 0.667. The predicted octanol–water partition coefficient (Wildman–Crippen LogP) is 1.16. The molecule has 6 nitrogen and oxygen atoms in total. The molecule has 0 aliphatic heterocycles. The summed E-state index contributed by atoms with van der Waals surface area (Å²) in [5.74, 6) is 0. The van der Waals surface area contributed by atoms with Crippen LogP contribution in [0.25, 0.3) is 0 Å². The van der Waals surface area contributed by atoms with Crippen LogP contribution in [0.15, 0.2) is 25.3 Å². The number of nitrogens with zero attached hydrogens (tertiary/aromatic N) is 1. The number of hydrogen-bond acceptors (Lipinski definition) is 6. The molecule has 0 saturated carbocycles. The molecule has 0 aromatic heterocycles. The zero-order chi connectivity index (χ0) is 13.5. The molecular weight excluding hydrogens is 238 g/mol. The lowest BCUT2D eigenvalue weighted by Crippen LogP contribution is -2.27. The minimum atomic E-state index is 0.118. The highest BCUT2D eigenvalue weighted by Gasteiger charge is 1.99. The second-order valence-electron chi connectivity index (χ2n) is 3.32. The number of hydrogen-bond donors (Lipinski definition) is 0. The summed E-state index contributed by atoms with van der Waals surface area (Å²) >= 11 is 0. The normalized spacial score (nSPS) is 10.8. The SMILES string of the molecule is C=CCN(CC=C)COCOCOCOCOC. The number of ether oxygens (including phenoxy) is 5. The molecule has 0 aliphatic rings. The van der Waals surface area contributed by atoms with E-state index in [4.69, 9.17) is 18.9 Å². The minimum Gasteiger partial charge on any atom is -0.359 e. The van der Waals surface area contributed by atoms with Gasteiger partial charge in [-0.3, -0.25) is 4.90 Å². The Labute approximate surface area is 109 Å². The first-order valence-corrected chi connectivity index (χ1v) is 5.59. The van der Waals surface area contributed by atoms with E-state index in [2.05, 4.69) is 17.9 Å². The Bertz CT molecular complexity index is 191. The van der Waals surface area contributed by atoms with Crippen molar-refractivity contribution in [3.63, 3.8) is 0 Å². The molecule has 0 atom stereocenters. The third kappa shape index (κ3) is 11.7. The van der Waals surface area contributed by atoms with Gasteiger partial charge in [0.2, 0.25) is 0 Å². The van der Waals surface area contributed by atoms with E-state index in [1.165, 1.54) is 0 Å². The summed E-state index contributed by atoms with van der Waals surface area (Å²) in [5, 5.41) is 0. The summed E-state index contributed by atoms with van der Waals surface area (Å²) in [6, 6.07) is 0. The third-order valence-electron chi connectivity index (χ3n) is 1.75. The maximum atomic E-state index is 5.29. The van der Waals surface area contributed by atoms with E-state index in [0.29, 0.717) is 6.73 Å². The maximum Gasteiger partial charge on any atom is 0.152 e. The van der Waals surface area contributed by atoms with Crippen LogP contribution < -0.4 is 0 Å². The summed E-state index contributed by atoms with van der Waals surface area (Å²) in [4.78, 5) is 2.02. The first-order valence-electron chi connectivity index (χ1n) is 5.59. The molecule has 0 heterocycles. The molecule has 106 valence electrons. The van der Waals surface area contributed by atoms with Crippen molar-refractivity contribution in [3.05, 3.63) is 25.3 Å². The van der Waals surface area contributed by atoms with Gasteiger partial charge in [0, 0.05) is 20.2 Å². The van der Waals surface area contributed by atoms with Crippen LogP contribution in [0.4, 0.5) is 0 Å². The second kappa shape index (κ2) is 14.3. The molecule has 0 spiro atoms. The van der Waals surface area contributed by atoms with E-state index < -0.39 is 0 Å².